The van der Waals surface area contributed by atoms with Crippen molar-refractivity contribution in [1.29, 1.82) is 0 Å². The summed E-state index contributed by atoms with van der Waals surface area (Å²) in [5.41, 5.74) is 0.653. The van der Waals surface area contributed by atoms with E-state index in [1.54, 1.807) is 41.0 Å². The largest absolute Gasteiger partial charge is 0.484 e. The first-order valence-electron chi connectivity index (χ1n) is 7.97. The number of rotatable bonds is 7. The fourth-order valence-electron chi connectivity index (χ4n) is 2.19. The number of benzene rings is 2. The van der Waals surface area contributed by atoms with Crippen LogP contribution in [0.3, 0.4) is 0 Å². The number of para-hydroxylation sites is 1. The molecule has 1 amide bonds. The van der Waals surface area contributed by atoms with Gasteiger partial charge in [0.1, 0.15) is 12.4 Å². The van der Waals surface area contributed by atoms with Gasteiger partial charge in [0, 0.05) is 17.8 Å². The number of halogens is 2. The lowest BCUT2D eigenvalue weighted by atomic mass is 10.3. The molecule has 2 aromatic carbocycles. The Morgan fingerprint density at radius 2 is 2.00 bits per heavy atom. The van der Waals surface area contributed by atoms with E-state index in [9.17, 15) is 4.79 Å². The van der Waals surface area contributed by atoms with Gasteiger partial charge in [0.25, 0.3) is 0 Å². The highest BCUT2D eigenvalue weighted by atomic mass is 35.5. The Labute approximate surface area is 170 Å². The molecule has 0 aliphatic heterocycles. The molecule has 0 fully saturated rings. The first kappa shape index (κ1) is 19.5. The number of anilines is 1. The molecule has 1 N–H and O–H groups in total. The Hall–Kier alpha value is -2.22. The molecule has 140 valence electrons. The lowest BCUT2D eigenvalue weighted by Crippen LogP contribution is -2.14. The summed E-state index contributed by atoms with van der Waals surface area (Å²) in [6, 6.07) is 14.2. The van der Waals surface area contributed by atoms with Crippen LogP contribution in [0.25, 0.3) is 0 Å². The zero-order valence-electron chi connectivity index (χ0n) is 14.4. The monoisotopic (exact) mass is 422 g/mol. The average molecular weight is 423 g/mol. The Balaban J connectivity index is 1.54. The number of hydrogen-bond acceptors (Lipinski definition) is 5. The van der Waals surface area contributed by atoms with Crippen LogP contribution in [0.4, 0.5) is 5.69 Å². The van der Waals surface area contributed by atoms with Crippen LogP contribution in [-0.2, 0) is 18.4 Å². The van der Waals surface area contributed by atoms with Crippen molar-refractivity contribution in [3.05, 3.63) is 64.4 Å². The fraction of sp³-hybridized carbons (Fsp3) is 0.167. The van der Waals surface area contributed by atoms with Crippen molar-refractivity contribution in [3.8, 4) is 5.75 Å². The summed E-state index contributed by atoms with van der Waals surface area (Å²) in [5.74, 6) is 1.26. The number of ether oxygens (including phenoxy) is 1. The summed E-state index contributed by atoms with van der Waals surface area (Å²) in [7, 11) is 1.82. The Morgan fingerprint density at radius 3 is 2.78 bits per heavy atom. The molecule has 0 bridgehead atoms. The molecule has 0 spiro atoms. The molecule has 0 aliphatic carbocycles. The van der Waals surface area contributed by atoms with Crippen molar-refractivity contribution in [2.45, 2.75) is 11.8 Å². The molecular formula is C18H16Cl2N4O2S. The maximum Gasteiger partial charge on any atom is 0.234 e. The van der Waals surface area contributed by atoms with E-state index in [0.717, 1.165) is 0 Å². The second-order valence-electron chi connectivity index (χ2n) is 5.52. The molecule has 3 aromatic rings. The van der Waals surface area contributed by atoms with Gasteiger partial charge >= 0.3 is 0 Å². The summed E-state index contributed by atoms with van der Waals surface area (Å²) in [4.78, 5) is 12.1. The van der Waals surface area contributed by atoms with Gasteiger partial charge in [-0.3, -0.25) is 4.79 Å². The van der Waals surface area contributed by atoms with Crippen LogP contribution < -0.4 is 10.1 Å². The standard InChI is InChI=1S/C18H16Cl2N4O2S/c1-24-16(10-26-15-8-3-2-7-14(15)20)22-23-18(24)27-11-17(25)21-13-6-4-5-12(19)9-13/h2-9H,10-11H2,1H3,(H,21,25). The van der Waals surface area contributed by atoms with Crippen LogP contribution in [0, 0.1) is 0 Å². The molecule has 27 heavy (non-hydrogen) atoms. The maximum absolute atomic E-state index is 12.1. The smallest absolute Gasteiger partial charge is 0.234 e. The quantitative estimate of drug-likeness (QED) is 0.570. The third-order valence-corrected chi connectivity index (χ3v) is 5.13. The highest BCUT2D eigenvalue weighted by molar-refractivity contribution is 7.99. The van der Waals surface area contributed by atoms with Gasteiger partial charge in [0.15, 0.2) is 11.0 Å². The minimum absolute atomic E-state index is 0.154. The first-order valence-corrected chi connectivity index (χ1v) is 9.71. The molecule has 1 aromatic heterocycles. The maximum atomic E-state index is 12.1. The van der Waals surface area contributed by atoms with E-state index in [1.165, 1.54) is 11.8 Å². The zero-order valence-corrected chi connectivity index (χ0v) is 16.7. The number of carbonyl (C=O) groups is 1. The molecule has 0 unspecified atom stereocenters. The number of thioether (sulfide) groups is 1. The SMILES string of the molecule is Cn1c(COc2ccccc2Cl)nnc1SCC(=O)Nc1cccc(Cl)c1. The minimum Gasteiger partial charge on any atom is -0.484 e. The van der Waals surface area contributed by atoms with Gasteiger partial charge in [-0.15, -0.1) is 10.2 Å². The number of hydrogen-bond donors (Lipinski definition) is 1. The summed E-state index contributed by atoms with van der Waals surface area (Å²) in [5, 5.41) is 12.7. The molecule has 6 nitrogen and oxygen atoms in total. The third-order valence-electron chi connectivity index (χ3n) is 3.56. The molecule has 0 saturated carbocycles. The van der Waals surface area contributed by atoms with Crippen LogP contribution >= 0.6 is 35.0 Å². The van der Waals surface area contributed by atoms with Gasteiger partial charge in [0.2, 0.25) is 5.91 Å². The summed E-state index contributed by atoms with van der Waals surface area (Å²) < 4.78 is 7.46. The normalized spacial score (nSPS) is 10.6. The molecule has 0 atom stereocenters. The summed E-state index contributed by atoms with van der Waals surface area (Å²) >= 11 is 13.3. The van der Waals surface area contributed by atoms with Gasteiger partial charge < -0.3 is 14.6 Å². The topological polar surface area (TPSA) is 69.0 Å². The second-order valence-corrected chi connectivity index (χ2v) is 7.31. The van der Waals surface area contributed by atoms with E-state index in [2.05, 4.69) is 15.5 Å². The molecule has 1 heterocycles. The van der Waals surface area contributed by atoms with Gasteiger partial charge in [-0.05, 0) is 30.3 Å². The molecule has 0 radical (unpaired) electrons. The second kappa shape index (κ2) is 9.12. The van der Waals surface area contributed by atoms with Crippen molar-refractivity contribution in [2.75, 3.05) is 11.1 Å². The fourth-order valence-corrected chi connectivity index (χ4v) is 3.30. The van der Waals surface area contributed by atoms with Crippen molar-refractivity contribution < 1.29 is 9.53 Å². The van der Waals surface area contributed by atoms with Gasteiger partial charge in [-0.2, -0.15) is 0 Å². The predicted molar refractivity (Wildman–Crippen MR) is 108 cm³/mol. The van der Waals surface area contributed by atoms with E-state index >= 15 is 0 Å². The van der Waals surface area contributed by atoms with Gasteiger partial charge in [-0.1, -0.05) is 53.2 Å². The van der Waals surface area contributed by atoms with Gasteiger partial charge in [-0.25, -0.2) is 0 Å². The van der Waals surface area contributed by atoms with Crippen molar-refractivity contribution >= 4 is 46.6 Å². The van der Waals surface area contributed by atoms with E-state index in [-0.39, 0.29) is 18.3 Å². The summed E-state index contributed by atoms with van der Waals surface area (Å²) in [6.45, 7) is 0.225. The number of nitrogens with zero attached hydrogens (tertiary/aromatic N) is 3. The zero-order chi connectivity index (χ0) is 19.2. The molecule has 0 aliphatic rings. The van der Waals surface area contributed by atoms with Crippen molar-refractivity contribution in [1.82, 2.24) is 14.8 Å². The number of nitrogens with one attached hydrogen (secondary N) is 1. The average Bonchev–Trinajstić information content (AvgIpc) is 2.99. The predicted octanol–water partition coefficient (Wildman–Crippen LogP) is 4.43. The Kier molecular flexibility index (Phi) is 6.60. The summed E-state index contributed by atoms with van der Waals surface area (Å²) in [6.07, 6.45) is 0. The third kappa shape index (κ3) is 5.38. The van der Waals surface area contributed by atoms with E-state index in [0.29, 0.717) is 32.5 Å². The Morgan fingerprint density at radius 1 is 1.19 bits per heavy atom. The van der Waals surface area contributed by atoms with Crippen LogP contribution in [0.5, 0.6) is 5.75 Å². The highest BCUT2D eigenvalue weighted by Gasteiger charge is 2.13. The van der Waals surface area contributed by atoms with Crippen LogP contribution in [0.1, 0.15) is 5.82 Å². The van der Waals surface area contributed by atoms with E-state index in [4.69, 9.17) is 27.9 Å². The number of aromatic nitrogens is 3. The molecular weight excluding hydrogens is 407 g/mol. The van der Waals surface area contributed by atoms with Crippen LogP contribution in [0.2, 0.25) is 10.0 Å². The number of amides is 1. The van der Waals surface area contributed by atoms with Gasteiger partial charge in [0.05, 0.1) is 10.8 Å². The van der Waals surface area contributed by atoms with Crippen molar-refractivity contribution in [3.63, 3.8) is 0 Å². The molecule has 0 saturated heterocycles. The minimum atomic E-state index is -0.154. The number of carbonyl (C=O) groups excluding carboxylic acids is 1. The lowest BCUT2D eigenvalue weighted by molar-refractivity contribution is -0.113. The first-order chi connectivity index (χ1) is 13.0. The van der Waals surface area contributed by atoms with Crippen LogP contribution in [0.15, 0.2) is 53.7 Å². The Bertz CT molecular complexity index is 949. The van der Waals surface area contributed by atoms with Crippen molar-refractivity contribution in [2.24, 2.45) is 7.05 Å². The van der Waals surface area contributed by atoms with Crippen LogP contribution in [-0.4, -0.2) is 26.4 Å². The molecule has 9 heteroatoms. The molecule has 3 rings (SSSR count). The lowest BCUT2D eigenvalue weighted by Gasteiger charge is -2.08. The van der Waals surface area contributed by atoms with E-state index < -0.39 is 0 Å². The highest BCUT2D eigenvalue weighted by Crippen LogP contribution is 2.24. The van der Waals surface area contributed by atoms with E-state index in [1.807, 2.05) is 19.2 Å².